The van der Waals surface area contributed by atoms with Gasteiger partial charge in [-0.15, -0.1) is 0 Å². The third-order valence-electron chi connectivity index (χ3n) is 0.933. The van der Waals surface area contributed by atoms with Crippen LogP contribution in [0.25, 0.3) is 0 Å². The molecule has 0 saturated carbocycles. The van der Waals surface area contributed by atoms with Gasteiger partial charge in [-0.1, -0.05) is 0 Å². The summed E-state index contributed by atoms with van der Waals surface area (Å²) in [6.07, 6.45) is 0. The lowest BCUT2D eigenvalue weighted by Crippen LogP contribution is -2.50. The van der Waals surface area contributed by atoms with Crippen molar-refractivity contribution in [2.45, 2.75) is 12.5 Å². The summed E-state index contributed by atoms with van der Waals surface area (Å²) >= 11 is 0. The Hall–Kier alpha value is -0.120. The number of nitrogens with two attached hydrogens (primary N) is 3. The number of hydrogen-bond acceptors (Lipinski definition) is 3. The van der Waals surface area contributed by atoms with Gasteiger partial charge in [0.15, 0.2) is 0 Å². The zero-order valence-corrected chi connectivity index (χ0v) is 4.65. The zero-order valence-electron chi connectivity index (χ0n) is 4.65. The zero-order chi connectivity index (χ0) is 5.91. The van der Waals surface area contributed by atoms with Crippen molar-refractivity contribution in [3.05, 3.63) is 0 Å². The van der Waals surface area contributed by atoms with E-state index in [4.69, 9.17) is 17.2 Å². The van der Waals surface area contributed by atoms with Crippen LogP contribution in [-0.4, -0.2) is 18.6 Å². The lowest BCUT2D eigenvalue weighted by molar-refractivity contribution is 0.492. The summed E-state index contributed by atoms with van der Waals surface area (Å²) in [5.41, 5.74) is 15.5. The molecular formula is C4H13N3. The molecule has 44 valence electrons. The fourth-order valence-electron chi connectivity index (χ4n) is 0.0833. The van der Waals surface area contributed by atoms with Gasteiger partial charge in [0.1, 0.15) is 0 Å². The van der Waals surface area contributed by atoms with E-state index in [2.05, 4.69) is 0 Å². The Labute approximate surface area is 43.9 Å². The van der Waals surface area contributed by atoms with Gasteiger partial charge in [-0.3, -0.25) is 0 Å². The minimum atomic E-state index is -0.361. The van der Waals surface area contributed by atoms with Gasteiger partial charge in [-0.05, 0) is 6.92 Å². The molecule has 0 aromatic carbocycles. The predicted octanol–water partition coefficient (Wildman–Crippen LogP) is -1.38. The molecule has 0 aromatic heterocycles. The SMILES string of the molecule is CC(N)(CN)CN. The maximum Gasteiger partial charge on any atom is 0.0374 e. The van der Waals surface area contributed by atoms with Crippen LogP contribution in [0.3, 0.4) is 0 Å². The summed E-state index contributed by atoms with van der Waals surface area (Å²) in [5, 5.41) is 0. The Bertz CT molecular complexity index is 44.9. The van der Waals surface area contributed by atoms with Gasteiger partial charge in [-0.25, -0.2) is 0 Å². The van der Waals surface area contributed by atoms with Crippen molar-refractivity contribution in [3.8, 4) is 0 Å². The van der Waals surface area contributed by atoms with Crippen LogP contribution < -0.4 is 17.2 Å². The summed E-state index contributed by atoms with van der Waals surface area (Å²) < 4.78 is 0. The topological polar surface area (TPSA) is 78.1 Å². The van der Waals surface area contributed by atoms with Gasteiger partial charge in [0.05, 0.1) is 0 Å². The molecule has 6 N–H and O–H groups in total. The van der Waals surface area contributed by atoms with E-state index in [9.17, 15) is 0 Å². The summed E-state index contributed by atoms with van der Waals surface area (Å²) in [7, 11) is 0. The molecule has 7 heavy (non-hydrogen) atoms. The minimum absolute atomic E-state index is 0.361. The normalized spacial score (nSPS) is 12.0. The fourth-order valence-corrected chi connectivity index (χ4v) is 0.0833. The van der Waals surface area contributed by atoms with Gasteiger partial charge in [0.25, 0.3) is 0 Å². The van der Waals surface area contributed by atoms with Crippen molar-refractivity contribution in [2.24, 2.45) is 17.2 Å². The molecule has 0 atom stereocenters. The molecule has 0 aliphatic heterocycles. The van der Waals surface area contributed by atoms with E-state index >= 15 is 0 Å². The molecule has 0 spiro atoms. The molecule has 0 bridgehead atoms. The highest BCUT2D eigenvalue weighted by molar-refractivity contribution is 4.79. The molecule has 0 amide bonds. The lowest BCUT2D eigenvalue weighted by atomic mass is 10.1. The van der Waals surface area contributed by atoms with E-state index in [0.717, 1.165) is 0 Å². The first-order valence-electron chi connectivity index (χ1n) is 2.31. The second-order valence-electron chi connectivity index (χ2n) is 2.06. The van der Waals surface area contributed by atoms with Crippen molar-refractivity contribution in [1.82, 2.24) is 0 Å². The molecular weight excluding hydrogens is 90.1 g/mol. The first-order valence-corrected chi connectivity index (χ1v) is 2.31. The van der Waals surface area contributed by atoms with E-state index in [1.807, 2.05) is 6.92 Å². The summed E-state index contributed by atoms with van der Waals surface area (Å²) in [4.78, 5) is 0. The smallest absolute Gasteiger partial charge is 0.0374 e. The van der Waals surface area contributed by atoms with Crippen molar-refractivity contribution in [3.63, 3.8) is 0 Å². The third kappa shape index (κ3) is 2.56. The van der Waals surface area contributed by atoms with Crippen LogP contribution in [0.5, 0.6) is 0 Å². The predicted molar refractivity (Wildman–Crippen MR) is 30.7 cm³/mol. The second kappa shape index (κ2) is 2.26. The average Bonchev–Trinajstić information content (AvgIpc) is 1.68. The van der Waals surface area contributed by atoms with Crippen LogP contribution in [0.4, 0.5) is 0 Å². The fraction of sp³-hybridized carbons (Fsp3) is 1.00. The molecule has 0 rings (SSSR count). The Kier molecular flexibility index (Phi) is 2.22. The lowest BCUT2D eigenvalue weighted by Gasteiger charge is -2.18. The van der Waals surface area contributed by atoms with Gasteiger partial charge >= 0.3 is 0 Å². The Balaban J connectivity index is 3.36. The molecule has 0 radical (unpaired) electrons. The van der Waals surface area contributed by atoms with Crippen LogP contribution in [-0.2, 0) is 0 Å². The van der Waals surface area contributed by atoms with Gasteiger partial charge in [0.2, 0.25) is 0 Å². The highest BCUT2D eigenvalue weighted by Gasteiger charge is 2.11. The summed E-state index contributed by atoms with van der Waals surface area (Å²) in [5.74, 6) is 0. The van der Waals surface area contributed by atoms with Crippen molar-refractivity contribution in [2.75, 3.05) is 13.1 Å². The van der Waals surface area contributed by atoms with E-state index in [0.29, 0.717) is 13.1 Å². The Morgan fingerprint density at radius 1 is 1.29 bits per heavy atom. The van der Waals surface area contributed by atoms with E-state index < -0.39 is 0 Å². The average molecular weight is 103 g/mol. The highest BCUT2D eigenvalue weighted by Crippen LogP contribution is 1.88. The quantitative estimate of drug-likeness (QED) is 0.403. The maximum absolute atomic E-state index is 5.47. The van der Waals surface area contributed by atoms with Crippen LogP contribution in [0.1, 0.15) is 6.92 Å². The second-order valence-corrected chi connectivity index (χ2v) is 2.06. The monoisotopic (exact) mass is 103 g/mol. The summed E-state index contributed by atoms with van der Waals surface area (Å²) in [6.45, 7) is 2.72. The van der Waals surface area contributed by atoms with Crippen molar-refractivity contribution in [1.29, 1.82) is 0 Å². The number of hydrogen-bond donors (Lipinski definition) is 3. The molecule has 3 heteroatoms. The first-order chi connectivity index (χ1) is 3.12. The van der Waals surface area contributed by atoms with Crippen molar-refractivity contribution >= 4 is 0 Å². The highest BCUT2D eigenvalue weighted by atomic mass is 14.8. The Morgan fingerprint density at radius 2 is 1.57 bits per heavy atom. The van der Waals surface area contributed by atoms with Crippen LogP contribution in [0.15, 0.2) is 0 Å². The van der Waals surface area contributed by atoms with Gasteiger partial charge in [0, 0.05) is 18.6 Å². The molecule has 0 unspecified atom stereocenters. The van der Waals surface area contributed by atoms with E-state index in [1.165, 1.54) is 0 Å². The van der Waals surface area contributed by atoms with E-state index in [1.54, 1.807) is 0 Å². The molecule has 0 heterocycles. The standard InChI is InChI=1S/C4H13N3/c1-4(7,2-5)3-6/h2-3,5-7H2,1H3. The maximum atomic E-state index is 5.47. The summed E-state index contributed by atoms with van der Waals surface area (Å²) in [6, 6.07) is 0. The first kappa shape index (κ1) is 6.88. The molecule has 0 saturated heterocycles. The van der Waals surface area contributed by atoms with Crippen LogP contribution >= 0.6 is 0 Å². The Morgan fingerprint density at radius 3 is 1.57 bits per heavy atom. The van der Waals surface area contributed by atoms with Crippen LogP contribution in [0, 0.1) is 0 Å². The third-order valence-corrected chi connectivity index (χ3v) is 0.933. The van der Waals surface area contributed by atoms with Crippen LogP contribution in [0.2, 0.25) is 0 Å². The molecule has 0 aliphatic rings. The van der Waals surface area contributed by atoms with Gasteiger partial charge < -0.3 is 17.2 Å². The number of rotatable bonds is 2. The largest absolute Gasteiger partial charge is 0.329 e. The van der Waals surface area contributed by atoms with E-state index in [-0.39, 0.29) is 5.54 Å². The molecule has 3 nitrogen and oxygen atoms in total. The molecule has 0 aromatic rings. The van der Waals surface area contributed by atoms with Crippen molar-refractivity contribution < 1.29 is 0 Å². The molecule has 0 aliphatic carbocycles. The van der Waals surface area contributed by atoms with Gasteiger partial charge in [-0.2, -0.15) is 0 Å². The molecule has 0 fully saturated rings. The minimum Gasteiger partial charge on any atom is -0.329 e.